The first kappa shape index (κ1) is 20.6. The molecule has 0 radical (unpaired) electrons. The Balaban J connectivity index is 1.48. The third-order valence-corrected chi connectivity index (χ3v) is 5.26. The van der Waals surface area contributed by atoms with E-state index in [0.717, 1.165) is 24.3 Å². The van der Waals surface area contributed by atoms with E-state index in [1.54, 1.807) is 7.11 Å². The summed E-state index contributed by atoms with van der Waals surface area (Å²) in [6, 6.07) is 7.86. The summed E-state index contributed by atoms with van der Waals surface area (Å²) in [6.45, 7) is 4.14. The molecule has 2 saturated heterocycles. The SMILES string of the molecule is COc1ccc(CCNC(=O)CN2C[C@H]3COC[C@@H]2CN(CC(=O)O)C3)cc1. The normalized spacial score (nSPS) is 23.0. The molecule has 2 aliphatic heterocycles. The highest BCUT2D eigenvalue weighted by atomic mass is 16.5. The molecule has 1 aromatic rings. The fourth-order valence-electron chi connectivity index (χ4n) is 3.92. The number of hydrogen-bond acceptors (Lipinski definition) is 6. The zero-order valence-corrected chi connectivity index (χ0v) is 16.3. The fraction of sp³-hybridized carbons (Fsp3) is 0.600. The minimum absolute atomic E-state index is 0.00848. The number of amides is 1. The number of carboxylic acids is 1. The molecular formula is C20H29N3O5. The minimum atomic E-state index is -0.816. The van der Waals surface area contributed by atoms with E-state index in [2.05, 4.69) is 10.2 Å². The van der Waals surface area contributed by atoms with E-state index in [4.69, 9.17) is 14.6 Å². The van der Waals surface area contributed by atoms with Crippen LogP contribution in [0.1, 0.15) is 5.56 Å². The van der Waals surface area contributed by atoms with Crippen molar-refractivity contribution in [1.29, 1.82) is 0 Å². The van der Waals surface area contributed by atoms with Crippen LogP contribution < -0.4 is 10.1 Å². The Hall–Kier alpha value is -2.16. The number of aliphatic carboxylic acids is 1. The molecule has 1 aromatic carbocycles. The van der Waals surface area contributed by atoms with Crippen molar-refractivity contribution in [3.8, 4) is 5.75 Å². The third kappa shape index (κ3) is 5.92. The first-order valence-electron chi connectivity index (χ1n) is 9.69. The molecule has 0 aliphatic carbocycles. The van der Waals surface area contributed by atoms with Crippen molar-refractivity contribution in [3.05, 3.63) is 29.8 Å². The van der Waals surface area contributed by atoms with Gasteiger partial charge in [0.2, 0.25) is 5.91 Å². The first-order valence-corrected chi connectivity index (χ1v) is 9.69. The van der Waals surface area contributed by atoms with Crippen molar-refractivity contribution >= 4 is 11.9 Å². The fourth-order valence-corrected chi connectivity index (χ4v) is 3.92. The van der Waals surface area contributed by atoms with Crippen LogP contribution in [-0.2, 0) is 20.7 Å². The molecular weight excluding hydrogens is 362 g/mol. The Kier molecular flexibility index (Phi) is 7.24. The van der Waals surface area contributed by atoms with Gasteiger partial charge in [0.1, 0.15) is 5.75 Å². The second-order valence-corrected chi connectivity index (χ2v) is 7.52. The summed E-state index contributed by atoms with van der Waals surface area (Å²) in [5.41, 5.74) is 1.14. The highest BCUT2D eigenvalue weighted by Gasteiger charge is 2.34. The lowest BCUT2D eigenvalue weighted by Gasteiger charge is -2.30. The predicted molar refractivity (Wildman–Crippen MR) is 103 cm³/mol. The molecule has 1 amide bonds. The molecule has 2 atom stereocenters. The van der Waals surface area contributed by atoms with E-state index < -0.39 is 5.97 Å². The molecule has 2 heterocycles. The number of nitrogens with zero attached hydrogens (tertiary/aromatic N) is 2. The lowest BCUT2D eigenvalue weighted by Crippen LogP contribution is -2.48. The summed E-state index contributed by atoms with van der Waals surface area (Å²) < 4.78 is 10.9. The molecule has 0 saturated carbocycles. The highest BCUT2D eigenvalue weighted by Crippen LogP contribution is 2.19. The summed E-state index contributed by atoms with van der Waals surface area (Å²) in [7, 11) is 1.64. The Morgan fingerprint density at radius 3 is 2.68 bits per heavy atom. The average molecular weight is 391 g/mol. The predicted octanol–water partition coefficient (Wildman–Crippen LogP) is 0.0711. The molecule has 2 N–H and O–H groups in total. The second kappa shape index (κ2) is 9.86. The molecule has 154 valence electrons. The van der Waals surface area contributed by atoms with Gasteiger partial charge < -0.3 is 19.9 Å². The number of ether oxygens (including phenoxy) is 2. The van der Waals surface area contributed by atoms with Crippen molar-refractivity contribution < 1.29 is 24.2 Å². The van der Waals surface area contributed by atoms with Crippen LogP contribution in [0.25, 0.3) is 0 Å². The molecule has 28 heavy (non-hydrogen) atoms. The van der Waals surface area contributed by atoms with Crippen LogP contribution in [0.3, 0.4) is 0 Å². The third-order valence-electron chi connectivity index (χ3n) is 5.26. The van der Waals surface area contributed by atoms with Crippen LogP contribution in [-0.4, -0.2) is 92.4 Å². The Morgan fingerprint density at radius 1 is 1.18 bits per heavy atom. The minimum Gasteiger partial charge on any atom is -0.497 e. The molecule has 2 fully saturated rings. The van der Waals surface area contributed by atoms with Crippen LogP contribution in [0, 0.1) is 5.92 Å². The van der Waals surface area contributed by atoms with Crippen LogP contribution in [0.5, 0.6) is 5.75 Å². The maximum absolute atomic E-state index is 12.4. The summed E-state index contributed by atoms with van der Waals surface area (Å²) in [5, 5.41) is 12.1. The van der Waals surface area contributed by atoms with Gasteiger partial charge in [-0.25, -0.2) is 0 Å². The molecule has 0 spiro atoms. The number of methoxy groups -OCH3 is 1. The quantitative estimate of drug-likeness (QED) is 0.648. The van der Waals surface area contributed by atoms with E-state index in [1.165, 1.54) is 0 Å². The van der Waals surface area contributed by atoms with Gasteiger partial charge in [-0.05, 0) is 24.1 Å². The Bertz CT molecular complexity index is 666. The number of hydrogen-bond donors (Lipinski definition) is 2. The van der Waals surface area contributed by atoms with Gasteiger partial charge in [0, 0.05) is 38.1 Å². The van der Waals surface area contributed by atoms with E-state index in [1.807, 2.05) is 29.2 Å². The second-order valence-electron chi connectivity index (χ2n) is 7.52. The van der Waals surface area contributed by atoms with E-state index in [-0.39, 0.29) is 24.4 Å². The zero-order chi connectivity index (χ0) is 19.9. The summed E-state index contributed by atoms with van der Waals surface area (Å²) in [5.74, 6) is 0.215. The van der Waals surface area contributed by atoms with Gasteiger partial charge in [-0.1, -0.05) is 12.1 Å². The van der Waals surface area contributed by atoms with Gasteiger partial charge in [0.25, 0.3) is 0 Å². The standard InChI is InChI=1S/C20H29N3O5/c1-27-18-4-2-15(3-5-18)6-7-21-19(24)11-23-9-16-8-22(12-20(25)26)10-17(23)14-28-13-16/h2-5,16-17H,6-14H2,1H3,(H,21,24)(H,25,26)/t16-,17-/m0/s1. The van der Waals surface area contributed by atoms with E-state index >= 15 is 0 Å². The van der Waals surface area contributed by atoms with Crippen LogP contribution in [0.4, 0.5) is 0 Å². The number of carboxylic acid groups (broad SMARTS) is 1. The molecule has 2 bridgehead atoms. The van der Waals surface area contributed by atoms with Crippen LogP contribution in [0.15, 0.2) is 24.3 Å². The summed E-state index contributed by atoms with van der Waals surface area (Å²) in [6.07, 6.45) is 0.761. The average Bonchev–Trinajstić information content (AvgIpc) is 2.91. The molecule has 8 heteroatoms. The van der Waals surface area contributed by atoms with Gasteiger partial charge in [0.05, 0.1) is 33.4 Å². The zero-order valence-electron chi connectivity index (χ0n) is 16.3. The number of carbonyl (C=O) groups is 2. The van der Waals surface area contributed by atoms with Gasteiger partial charge in [-0.15, -0.1) is 0 Å². The van der Waals surface area contributed by atoms with Crippen LogP contribution in [0.2, 0.25) is 0 Å². The number of fused-ring (bicyclic) bond motifs is 3. The topological polar surface area (TPSA) is 91.3 Å². The molecule has 0 aromatic heterocycles. The maximum Gasteiger partial charge on any atom is 0.317 e. The number of carbonyl (C=O) groups excluding carboxylic acids is 1. The summed E-state index contributed by atoms with van der Waals surface area (Å²) >= 11 is 0. The smallest absolute Gasteiger partial charge is 0.317 e. The Labute approximate surface area is 165 Å². The van der Waals surface area contributed by atoms with Crippen molar-refractivity contribution in [2.45, 2.75) is 12.5 Å². The number of nitrogens with one attached hydrogen (secondary N) is 1. The molecule has 0 unspecified atom stereocenters. The lowest BCUT2D eigenvalue weighted by molar-refractivity contribution is -0.138. The Morgan fingerprint density at radius 2 is 1.96 bits per heavy atom. The highest BCUT2D eigenvalue weighted by molar-refractivity contribution is 5.78. The number of rotatable bonds is 8. The van der Waals surface area contributed by atoms with Crippen molar-refractivity contribution in [1.82, 2.24) is 15.1 Å². The van der Waals surface area contributed by atoms with Crippen LogP contribution >= 0.6 is 0 Å². The van der Waals surface area contributed by atoms with Gasteiger partial charge >= 0.3 is 5.97 Å². The van der Waals surface area contributed by atoms with E-state index in [9.17, 15) is 9.59 Å². The van der Waals surface area contributed by atoms with Gasteiger partial charge in [-0.3, -0.25) is 19.4 Å². The largest absolute Gasteiger partial charge is 0.497 e. The molecule has 2 aliphatic rings. The molecule has 8 nitrogen and oxygen atoms in total. The maximum atomic E-state index is 12.4. The monoisotopic (exact) mass is 391 g/mol. The number of benzene rings is 1. The lowest BCUT2D eigenvalue weighted by atomic mass is 10.1. The molecule has 3 rings (SSSR count). The van der Waals surface area contributed by atoms with Gasteiger partial charge in [0.15, 0.2) is 0 Å². The first-order chi connectivity index (χ1) is 13.5. The van der Waals surface area contributed by atoms with Gasteiger partial charge in [-0.2, -0.15) is 0 Å². The van der Waals surface area contributed by atoms with Crippen molar-refractivity contribution in [2.75, 3.05) is 59.6 Å². The van der Waals surface area contributed by atoms with Crippen molar-refractivity contribution in [2.24, 2.45) is 5.92 Å². The van der Waals surface area contributed by atoms with Crippen molar-refractivity contribution in [3.63, 3.8) is 0 Å². The summed E-state index contributed by atoms with van der Waals surface area (Å²) in [4.78, 5) is 27.6. The van der Waals surface area contributed by atoms with E-state index in [0.29, 0.717) is 39.4 Å².